The van der Waals surface area contributed by atoms with Crippen molar-refractivity contribution in [3.05, 3.63) is 63.9 Å². The second kappa shape index (κ2) is 6.97. The van der Waals surface area contributed by atoms with Crippen molar-refractivity contribution in [3.63, 3.8) is 0 Å². The summed E-state index contributed by atoms with van der Waals surface area (Å²) in [5.41, 5.74) is 9.67. The van der Waals surface area contributed by atoms with E-state index < -0.39 is 0 Å². The van der Waals surface area contributed by atoms with E-state index in [0.29, 0.717) is 6.54 Å². The lowest BCUT2D eigenvalue weighted by molar-refractivity contribution is 0.240. The van der Waals surface area contributed by atoms with Gasteiger partial charge in [0.1, 0.15) is 0 Å². The van der Waals surface area contributed by atoms with Crippen LogP contribution in [-0.2, 0) is 6.54 Å². The third kappa shape index (κ3) is 3.45. The first kappa shape index (κ1) is 15.2. The Bertz CT molecular complexity index is 571. The maximum atomic E-state index is 5.99. The van der Waals surface area contributed by atoms with Crippen molar-refractivity contribution >= 4 is 15.9 Å². The van der Waals surface area contributed by atoms with Gasteiger partial charge in [-0.1, -0.05) is 34.1 Å². The van der Waals surface area contributed by atoms with Crippen molar-refractivity contribution in [1.29, 1.82) is 0 Å². The van der Waals surface area contributed by atoms with Crippen LogP contribution in [0.1, 0.15) is 22.7 Å². The monoisotopic (exact) mass is 333 g/mol. The van der Waals surface area contributed by atoms with Crippen LogP contribution in [-0.4, -0.2) is 23.5 Å². The van der Waals surface area contributed by atoms with Gasteiger partial charge in [-0.15, -0.1) is 0 Å². The number of pyridine rings is 1. The van der Waals surface area contributed by atoms with Gasteiger partial charge in [0.25, 0.3) is 0 Å². The molecule has 2 rings (SSSR count). The van der Waals surface area contributed by atoms with Crippen molar-refractivity contribution in [1.82, 2.24) is 9.88 Å². The number of benzene rings is 1. The summed E-state index contributed by atoms with van der Waals surface area (Å²) >= 11 is 3.60. The van der Waals surface area contributed by atoms with Crippen LogP contribution in [0.2, 0.25) is 0 Å². The number of rotatable bonds is 5. The molecule has 0 spiro atoms. The second-order valence-corrected chi connectivity index (χ2v) is 5.84. The van der Waals surface area contributed by atoms with Gasteiger partial charge in [0.15, 0.2) is 0 Å². The zero-order valence-corrected chi connectivity index (χ0v) is 13.5. The highest BCUT2D eigenvalue weighted by Crippen LogP contribution is 2.25. The van der Waals surface area contributed by atoms with E-state index in [9.17, 15) is 0 Å². The van der Waals surface area contributed by atoms with Crippen LogP contribution >= 0.6 is 15.9 Å². The first-order valence-electron chi connectivity index (χ1n) is 6.67. The van der Waals surface area contributed by atoms with Crippen LogP contribution in [0.15, 0.2) is 47.2 Å². The summed E-state index contributed by atoms with van der Waals surface area (Å²) in [4.78, 5) is 6.50. The molecule has 0 radical (unpaired) electrons. The Morgan fingerprint density at radius 2 is 2.05 bits per heavy atom. The van der Waals surface area contributed by atoms with E-state index in [0.717, 1.165) is 11.0 Å². The van der Waals surface area contributed by atoms with Crippen molar-refractivity contribution in [3.8, 4) is 0 Å². The Labute approximate surface area is 129 Å². The minimum absolute atomic E-state index is 0.177. The fourth-order valence-electron chi connectivity index (χ4n) is 2.37. The summed E-state index contributed by atoms with van der Waals surface area (Å²) in [6.45, 7) is 3.52. The van der Waals surface area contributed by atoms with E-state index in [1.165, 1.54) is 16.7 Å². The summed E-state index contributed by atoms with van der Waals surface area (Å²) in [7, 11) is 2.10. The van der Waals surface area contributed by atoms with Crippen LogP contribution in [0.25, 0.3) is 0 Å². The molecule has 20 heavy (non-hydrogen) atoms. The standard InChI is InChI=1S/C16H20BrN3/c1-12-7-8-19-10-14(12)16(9-18)20(2)11-13-5-3-4-6-15(13)17/h3-8,10,16H,9,11,18H2,1-2H3. The minimum atomic E-state index is 0.177. The quantitative estimate of drug-likeness (QED) is 0.912. The predicted molar refractivity (Wildman–Crippen MR) is 86.4 cm³/mol. The number of nitrogens with two attached hydrogens (primary N) is 1. The smallest absolute Gasteiger partial charge is 0.0488 e. The van der Waals surface area contributed by atoms with E-state index in [-0.39, 0.29) is 6.04 Å². The molecule has 2 aromatic rings. The highest BCUT2D eigenvalue weighted by atomic mass is 79.9. The van der Waals surface area contributed by atoms with Gasteiger partial charge >= 0.3 is 0 Å². The second-order valence-electron chi connectivity index (χ2n) is 4.99. The Balaban J connectivity index is 2.20. The molecule has 0 fully saturated rings. The van der Waals surface area contributed by atoms with E-state index >= 15 is 0 Å². The van der Waals surface area contributed by atoms with Crippen LogP contribution < -0.4 is 5.73 Å². The lowest BCUT2D eigenvalue weighted by atomic mass is 10.0. The number of nitrogens with zero attached hydrogens (tertiary/aromatic N) is 2. The number of hydrogen-bond donors (Lipinski definition) is 1. The first-order valence-corrected chi connectivity index (χ1v) is 7.47. The van der Waals surface area contributed by atoms with Crippen molar-refractivity contribution < 1.29 is 0 Å². The van der Waals surface area contributed by atoms with Gasteiger partial charge in [0, 0.05) is 36.0 Å². The van der Waals surface area contributed by atoms with Crippen LogP contribution in [0.4, 0.5) is 0 Å². The number of aryl methyl sites for hydroxylation is 1. The van der Waals surface area contributed by atoms with Crippen LogP contribution in [0, 0.1) is 6.92 Å². The molecule has 2 N–H and O–H groups in total. The molecular formula is C16H20BrN3. The van der Waals surface area contributed by atoms with E-state index in [1.54, 1.807) is 0 Å². The average molecular weight is 334 g/mol. The maximum Gasteiger partial charge on any atom is 0.0488 e. The lowest BCUT2D eigenvalue weighted by Gasteiger charge is -2.28. The fraction of sp³-hybridized carbons (Fsp3) is 0.312. The van der Waals surface area contributed by atoms with Gasteiger partial charge in [0.2, 0.25) is 0 Å². The molecule has 1 unspecified atom stereocenters. The number of hydrogen-bond acceptors (Lipinski definition) is 3. The molecule has 0 aliphatic rings. The Morgan fingerprint density at radius 1 is 1.30 bits per heavy atom. The van der Waals surface area contributed by atoms with E-state index in [2.05, 4.69) is 58.0 Å². The highest BCUT2D eigenvalue weighted by Gasteiger charge is 2.18. The highest BCUT2D eigenvalue weighted by molar-refractivity contribution is 9.10. The summed E-state index contributed by atoms with van der Waals surface area (Å²) in [6.07, 6.45) is 3.74. The molecule has 4 heteroatoms. The molecule has 0 aliphatic carbocycles. The topological polar surface area (TPSA) is 42.1 Å². The molecule has 0 saturated carbocycles. The number of aromatic nitrogens is 1. The normalized spacial score (nSPS) is 12.7. The first-order chi connectivity index (χ1) is 9.63. The van der Waals surface area contributed by atoms with Gasteiger partial charge < -0.3 is 5.73 Å². The molecule has 0 saturated heterocycles. The average Bonchev–Trinajstić information content (AvgIpc) is 2.44. The molecule has 0 bridgehead atoms. The van der Waals surface area contributed by atoms with Gasteiger partial charge in [-0.05, 0) is 42.8 Å². The van der Waals surface area contributed by atoms with Gasteiger partial charge in [-0.2, -0.15) is 0 Å². The summed E-state index contributed by atoms with van der Waals surface area (Å²) < 4.78 is 1.13. The van der Waals surface area contributed by atoms with E-state index in [4.69, 9.17) is 5.73 Å². The number of halogens is 1. The van der Waals surface area contributed by atoms with Crippen LogP contribution in [0.5, 0.6) is 0 Å². The summed E-state index contributed by atoms with van der Waals surface area (Å²) in [5, 5.41) is 0. The Morgan fingerprint density at radius 3 is 2.70 bits per heavy atom. The zero-order chi connectivity index (χ0) is 14.5. The number of likely N-dealkylation sites (N-methyl/N-ethyl adjacent to an activating group) is 1. The largest absolute Gasteiger partial charge is 0.329 e. The SMILES string of the molecule is Cc1ccncc1C(CN)N(C)Cc1ccccc1Br. The molecule has 0 aliphatic heterocycles. The third-order valence-electron chi connectivity index (χ3n) is 3.57. The maximum absolute atomic E-state index is 5.99. The van der Waals surface area contributed by atoms with Crippen molar-refractivity contribution in [2.24, 2.45) is 5.73 Å². The van der Waals surface area contributed by atoms with Crippen LogP contribution in [0.3, 0.4) is 0 Å². The molecule has 0 amide bonds. The summed E-state index contributed by atoms with van der Waals surface area (Å²) in [6, 6.07) is 10.5. The van der Waals surface area contributed by atoms with Gasteiger partial charge in [-0.25, -0.2) is 0 Å². The Hall–Kier alpha value is -1.23. The fourth-order valence-corrected chi connectivity index (χ4v) is 2.79. The Kier molecular flexibility index (Phi) is 5.29. The molecule has 106 valence electrons. The third-order valence-corrected chi connectivity index (χ3v) is 4.35. The van der Waals surface area contributed by atoms with Crippen molar-refractivity contribution in [2.45, 2.75) is 19.5 Å². The molecule has 3 nitrogen and oxygen atoms in total. The van der Waals surface area contributed by atoms with Crippen molar-refractivity contribution in [2.75, 3.05) is 13.6 Å². The molecule has 1 atom stereocenters. The molecular weight excluding hydrogens is 314 g/mol. The predicted octanol–water partition coefficient (Wildman–Crippen LogP) is 3.28. The van der Waals surface area contributed by atoms with E-state index in [1.807, 2.05) is 24.5 Å². The molecule has 1 heterocycles. The lowest BCUT2D eigenvalue weighted by Crippen LogP contribution is -2.31. The van der Waals surface area contributed by atoms with Gasteiger partial charge in [-0.3, -0.25) is 9.88 Å². The zero-order valence-electron chi connectivity index (χ0n) is 11.9. The minimum Gasteiger partial charge on any atom is -0.329 e. The molecule has 1 aromatic carbocycles. The summed E-state index contributed by atoms with van der Waals surface area (Å²) in [5.74, 6) is 0. The molecule has 1 aromatic heterocycles. The van der Waals surface area contributed by atoms with Gasteiger partial charge in [0.05, 0.1) is 0 Å².